The van der Waals surface area contributed by atoms with Crippen LogP contribution < -0.4 is 11.2 Å². The lowest BCUT2D eigenvalue weighted by Gasteiger charge is -2.07. The molecule has 0 amide bonds. The molecule has 1 heterocycles. The summed E-state index contributed by atoms with van der Waals surface area (Å²) in [6, 6.07) is 6.36. The van der Waals surface area contributed by atoms with Crippen LogP contribution in [0.25, 0.3) is 11.3 Å². The molecule has 20 heavy (non-hydrogen) atoms. The van der Waals surface area contributed by atoms with Crippen molar-refractivity contribution in [3.05, 3.63) is 55.7 Å². The number of rotatable bonds is 3. The van der Waals surface area contributed by atoms with Crippen LogP contribution in [0.4, 0.5) is 0 Å². The van der Waals surface area contributed by atoms with E-state index >= 15 is 0 Å². The number of benzene rings is 1. The van der Waals surface area contributed by atoms with Crippen LogP contribution in [0.3, 0.4) is 0 Å². The summed E-state index contributed by atoms with van der Waals surface area (Å²) in [7, 11) is 0. The number of aromatic nitrogens is 2. The zero-order chi connectivity index (χ0) is 14.7. The molecule has 0 atom stereocenters. The van der Waals surface area contributed by atoms with E-state index in [-0.39, 0.29) is 17.9 Å². The second kappa shape index (κ2) is 5.75. The van der Waals surface area contributed by atoms with Crippen LogP contribution in [0.2, 0.25) is 5.02 Å². The number of halogens is 1. The summed E-state index contributed by atoms with van der Waals surface area (Å²) in [5, 5.41) is 0.499. The Morgan fingerprint density at radius 2 is 1.85 bits per heavy atom. The molecule has 0 aliphatic heterocycles. The van der Waals surface area contributed by atoms with E-state index in [1.807, 2.05) is 4.98 Å². The first-order valence-corrected chi connectivity index (χ1v) is 6.20. The Kier molecular flexibility index (Phi) is 4.05. The van der Waals surface area contributed by atoms with Crippen molar-refractivity contribution in [1.29, 1.82) is 0 Å². The molecule has 1 aromatic carbocycles. The number of H-pyrrole nitrogens is 2. The fourth-order valence-electron chi connectivity index (χ4n) is 1.72. The summed E-state index contributed by atoms with van der Waals surface area (Å²) >= 11 is 5.78. The minimum Gasteiger partial charge on any atom is -0.462 e. The molecular weight excluding hydrogens is 284 g/mol. The number of hydrogen-bond donors (Lipinski definition) is 2. The average Bonchev–Trinajstić information content (AvgIpc) is 2.38. The van der Waals surface area contributed by atoms with Gasteiger partial charge in [0.05, 0.1) is 12.3 Å². The number of aromatic amines is 2. The molecule has 104 valence electrons. The molecule has 0 fully saturated rings. The number of carbonyl (C=O) groups is 1. The molecule has 0 spiro atoms. The van der Waals surface area contributed by atoms with E-state index in [1.165, 1.54) is 0 Å². The molecule has 0 unspecified atom stereocenters. The van der Waals surface area contributed by atoms with Gasteiger partial charge < -0.3 is 9.72 Å². The van der Waals surface area contributed by atoms with Crippen molar-refractivity contribution in [3.8, 4) is 11.3 Å². The van der Waals surface area contributed by atoms with Gasteiger partial charge in [-0.2, -0.15) is 0 Å². The van der Waals surface area contributed by atoms with Crippen LogP contribution >= 0.6 is 11.6 Å². The van der Waals surface area contributed by atoms with Gasteiger partial charge in [-0.3, -0.25) is 9.78 Å². The first-order chi connectivity index (χ1) is 9.52. The second-order valence-corrected chi connectivity index (χ2v) is 4.32. The van der Waals surface area contributed by atoms with E-state index in [9.17, 15) is 14.4 Å². The van der Waals surface area contributed by atoms with Crippen molar-refractivity contribution in [3.63, 3.8) is 0 Å². The highest BCUT2D eigenvalue weighted by molar-refractivity contribution is 6.30. The standard InChI is InChI=1S/C13H11ClN2O4/c1-2-20-12(18)9-10(15-13(19)16-11(9)17)7-3-5-8(14)6-4-7/h3-6H,2H2,1H3,(H2,15,16,17,19). The van der Waals surface area contributed by atoms with Crippen molar-refractivity contribution < 1.29 is 9.53 Å². The smallest absolute Gasteiger partial charge is 0.345 e. The van der Waals surface area contributed by atoms with E-state index < -0.39 is 17.2 Å². The number of nitrogens with one attached hydrogen (secondary N) is 2. The van der Waals surface area contributed by atoms with Crippen LogP contribution in [0.15, 0.2) is 33.9 Å². The van der Waals surface area contributed by atoms with Crippen LogP contribution in [0.5, 0.6) is 0 Å². The Morgan fingerprint density at radius 3 is 2.45 bits per heavy atom. The first-order valence-electron chi connectivity index (χ1n) is 5.82. The number of carbonyl (C=O) groups excluding carboxylic acids is 1. The van der Waals surface area contributed by atoms with Crippen molar-refractivity contribution in [2.45, 2.75) is 6.92 Å². The van der Waals surface area contributed by atoms with E-state index in [0.717, 1.165) is 0 Å². The predicted octanol–water partition coefficient (Wildman–Crippen LogP) is 1.56. The van der Waals surface area contributed by atoms with Crippen molar-refractivity contribution in [2.24, 2.45) is 0 Å². The summed E-state index contributed by atoms with van der Waals surface area (Å²) in [6.07, 6.45) is 0. The molecule has 0 radical (unpaired) electrons. The second-order valence-electron chi connectivity index (χ2n) is 3.89. The molecule has 6 nitrogen and oxygen atoms in total. The van der Waals surface area contributed by atoms with Gasteiger partial charge in [-0.25, -0.2) is 9.59 Å². The Labute approximate surface area is 118 Å². The molecule has 0 saturated heterocycles. The number of esters is 1. The molecule has 2 rings (SSSR count). The van der Waals surface area contributed by atoms with Gasteiger partial charge in [0.15, 0.2) is 0 Å². The van der Waals surface area contributed by atoms with E-state index in [0.29, 0.717) is 10.6 Å². The molecular formula is C13H11ClN2O4. The normalized spacial score (nSPS) is 10.3. The summed E-state index contributed by atoms with van der Waals surface area (Å²) < 4.78 is 4.83. The van der Waals surface area contributed by atoms with E-state index in [2.05, 4.69) is 4.98 Å². The molecule has 0 saturated carbocycles. The predicted molar refractivity (Wildman–Crippen MR) is 74.1 cm³/mol. The average molecular weight is 295 g/mol. The summed E-state index contributed by atoms with van der Waals surface area (Å²) in [5.74, 6) is -0.796. The van der Waals surface area contributed by atoms with Crippen LogP contribution in [-0.2, 0) is 4.74 Å². The Hall–Kier alpha value is -2.34. The van der Waals surface area contributed by atoms with Crippen LogP contribution in [0.1, 0.15) is 17.3 Å². The Bertz CT molecular complexity index is 746. The lowest BCUT2D eigenvalue weighted by atomic mass is 10.1. The minimum atomic E-state index is -0.796. The van der Waals surface area contributed by atoms with Gasteiger partial charge in [0.25, 0.3) is 5.56 Å². The quantitative estimate of drug-likeness (QED) is 0.840. The van der Waals surface area contributed by atoms with Gasteiger partial charge in [0.1, 0.15) is 5.56 Å². The number of ether oxygens (including phenoxy) is 1. The van der Waals surface area contributed by atoms with Crippen LogP contribution in [-0.4, -0.2) is 22.5 Å². The molecule has 0 aliphatic carbocycles. The highest BCUT2D eigenvalue weighted by Crippen LogP contribution is 2.21. The van der Waals surface area contributed by atoms with Gasteiger partial charge in [-0.15, -0.1) is 0 Å². The Balaban J connectivity index is 2.67. The minimum absolute atomic E-state index is 0.105. The highest BCUT2D eigenvalue weighted by Gasteiger charge is 2.19. The summed E-state index contributed by atoms with van der Waals surface area (Å²) in [6.45, 7) is 1.75. The molecule has 2 aromatic rings. The maximum Gasteiger partial charge on any atom is 0.345 e. The third-order valence-electron chi connectivity index (χ3n) is 2.56. The fourth-order valence-corrected chi connectivity index (χ4v) is 1.84. The van der Waals surface area contributed by atoms with Gasteiger partial charge in [0.2, 0.25) is 0 Å². The SMILES string of the molecule is CCOC(=O)c1c(-c2ccc(Cl)cc2)[nH]c(=O)[nH]c1=O. The molecule has 1 aromatic heterocycles. The zero-order valence-electron chi connectivity index (χ0n) is 10.5. The zero-order valence-corrected chi connectivity index (χ0v) is 11.3. The molecule has 7 heteroatoms. The lowest BCUT2D eigenvalue weighted by molar-refractivity contribution is 0.0524. The van der Waals surface area contributed by atoms with Gasteiger partial charge in [-0.05, 0) is 24.6 Å². The van der Waals surface area contributed by atoms with Gasteiger partial charge >= 0.3 is 11.7 Å². The van der Waals surface area contributed by atoms with Crippen molar-refractivity contribution in [1.82, 2.24) is 9.97 Å². The molecule has 0 bridgehead atoms. The maximum atomic E-state index is 11.8. The maximum absolute atomic E-state index is 11.8. The first kappa shape index (κ1) is 14.1. The van der Waals surface area contributed by atoms with E-state index in [4.69, 9.17) is 16.3 Å². The summed E-state index contributed by atoms with van der Waals surface area (Å²) in [4.78, 5) is 39.5. The Morgan fingerprint density at radius 1 is 1.20 bits per heavy atom. The fraction of sp³-hybridized carbons (Fsp3) is 0.154. The van der Waals surface area contributed by atoms with Crippen LogP contribution in [0, 0.1) is 0 Å². The summed E-state index contributed by atoms with van der Waals surface area (Å²) in [5.41, 5.74) is -1.14. The van der Waals surface area contributed by atoms with Crippen molar-refractivity contribution in [2.75, 3.05) is 6.61 Å². The number of hydrogen-bond acceptors (Lipinski definition) is 4. The highest BCUT2D eigenvalue weighted by atomic mass is 35.5. The van der Waals surface area contributed by atoms with Gasteiger partial charge in [0, 0.05) is 5.02 Å². The largest absolute Gasteiger partial charge is 0.462 e. The molecule has 0 aliphatic rings. The lowest BCUT2D eigenvalue weighted by Crippen LogP contribution is -2.30. The third kappa shape index (κ3) is 2.80. The third-order valence-corrected chi connectivity index (χ3v) is 2.81. The van der Waals surface area contributed by atoms with E-state index in [1.54, 1.807) is 31.2 Å². The topological polar surface area (TPSA) is 92.0 Å². The van der Waals surface area contributed by atoms with Crippen molar-refractivity contribution >= 4 is 17.6 Å². The molecule has 2 N–H and O–H groups in total. The monoisotopic (exact) mass is 294 g/mol. The van der Waals surface area contributed by atoms with Gasteiger partial charge in [-0.1, -0.05) is 23.7 Å².